The third-order valence-electron chi connectivity index (χ3n) is 5.10. The third kappa shape index (κ3) is 8.46. The molecule has 0 saturated carbocycles. The zero-order chi connectivity index (χ0) is 24.0. The number of nitrogens with two attached hydrogens (primary N) is 1. The predicted molar refractivity (Wildman–Crippen MR) is 121 cm³/mol. The predicted octanol–water partition coefficient (Wildman–Crippen LogP) is -4.23. The van der Waals surface area contributed by atoms with Crippen LogP contribution in [0.3, 0.4) is 0 Å². The van der Waals surface area contributed by atoms with Crippen LogP contribution in [0.4, 0.5) is 5.69 Å². The van der Waals surface area contributed by atoms with Crippen LogP contribution in [-0.2, 0) is 24.2 Å². The molecule has 0 aliphatic rings. The van der Waals surface area contributed by atoms with Gasteiger partial charge in [0.25, 0.3) is 0 Å². The summed E-state index contributed by atoms with van der Waals surface area (Å²) in [4.78, 5) is 31.2. The van der Waals surface area contributed by atoms with Crippen LogP contribution in [0.15, 0.2) is 53.5 Å². The van der Waals surface area contributed by atoms with Crippen LogP contribution < -0.4 is 75.1 Å². The summed E-state index contributed by atoms with van der Waals surface area (Å²) in [5.41, 5.74) is 7.24. The molecule has 3 rings (SSSR count). The quantitative estimate of drug-likeness (QED) is 0.167. The number of hydrogen-bond acceptors (Lipinski definition) is 6. The van der Waals surface area contributed by atoms with E-state index in [2.05, 4.69) is 16.9 Å². The van der Waals surface area contributed by atoms with Gasteiger partial charge in [-0.15, -0.1) is 0 Å². The summed E-state index contributed by atoms with van der Waals surface area (Å²) in [6.07, 6.45) is 2.19. The molecule has 11 heteroatoms. The third-order valence-corrected chi connectivity index (χ3v) is 5.40. The first-order chi connectivity index (χ1) is 15.8. The van der Waals surface area contributed by atoms with Crippen molar-refractivity contribution in [3.05, 3.63) is 81.9 Å². The van der Waals surface area contributed by atoms with Gasteiger partial charge in [-0.2, -0.15) is 0 Å². The largest absolute Gasteiger partial charge is 1.00 e. The first-order valence-corrected chi connectivity index (χ1v) is 10.9. The van der Waals surface area contributed by atoms with E-state index in [9.17, 15) is 19.8 Å². The van der Waals surface area contributed by atoms with Crippen molar-refractivity contribution in [1.29, 1.82) is 0 Å². The zero-order valence-corrected chi connectivity index (χ0v) is 24.8. The summed E-state index contributed by atoms with van der Waals surface area (Å²) in [6, 6.07) is 13.1. The van der Waals surface area contributed by atoms with Crippen molar-refractivity contribution in [1.82, 2.24) is 9.55 Å². The average molecular weight is 513 g/mol. The van der Waals surface area contributed by atoms with Gasteiger partial charge >= 0.3 is 59.1 Å². The standard InChI is InChI=1S/C24H25ClN4O4.2Na/c1-2-3-8-20-28-22(25)19(13-21(30)31)29(20)14-15-9-11-16(12-10-15)27-24(33)18-7-5-4-6-17(18)23(26)32;;/h4-7,9-12H,2-3,8,13-14H2,1H3,(H2,26,32)(H,27,33)(H,30,31);;/q;2*+1/p-2. The molecule has 0 spiro atoms. The van der Waals surface area contributed by atoms with Gasteiger partial charge in [0.2, 0.25) is 5.91 Å². The first-order valence-electron chi connectivity index (χ1n) is 10.5. The number of rotatable bonds is 10. The topological polar surface area (TPSA) is 136 Å². The number of carbonyl (C=O) groups is 2. The van der Waals surface area contributed by atoms with Gasteiger partial charge in [0.15, 0.2) is 5.15 Å². The van der Waals surface area contributed by atoms with Gasteiger partial charge in [0.1, 0.15) is 5.82 Å². The number of aliphatic imine (C=N–C) groups is 1. The number of hydrogen-bond donors (Lipinski definition) is 1. The van der Waals surface area contributed by atoms with Gasteiger partial charge in [-0.05, 0) is 41.6 Å². The summed E-state index contributed by atoms with van der Waals surface area (Å²) in [7, 11) is 0. The van der Waals surface area contributed by atoms with E-state index in [0.29, 0.717) is 30.2 Å². The first kappa shape index (κ1) is 31.4. The van der Waals surface area contributed by atoms with Crippen LogP contribution in [0.25, 0.3) is 0 Å². The smallest absolute Gasteiger partial charge is 0.858 e. The van der Waals surface area contributed by atoms with E-state index >= 15 is 0 Å². The second-order valence-electron chi connectivity index (χ2n) is 7.50. The van der Waals surface area contributed by atoms with Crippen molar-refractivity contribution < 1.29 is 78.9 Å². The van der Waals surface area contributed by atoms with Crippen LogP contribution in [0.2, 0.25) is 5.15 Å². The van der Waals surface area contributed by atoms with Crippen LogP contribution in [0.1, 0.15) is 52.8 Å². The molecular formula is C24H23ClN4Na2O4. The number of primary amides is 1. The van der Waals surface area contributed by atoms with E-state index in [1.165, 1.54) is 12.1 Å². The molecule has 2 aromatic carbocycles. The Morgan fingerprint density at radius 3 is 2.26 bits per heavy atom. The minimum Gasteiger partial charge on any atom is -0.858 e. The maximum Gasteiger partial charge on any atom is 1.00 e. The molecule has 35 heavy (non-hydrogen) atoms. The summed E-state index contributed by atoms with van der Waals surface area (Å²) < 4.78 is 1.80. The monoisotopic (exact) mass is 512 g/mol. The zero-order valence-electron chi connectivity index (χ0n) is 20.1. The molecule has 0 aliphatic carbocycles. The fraction of sp³-hybridized carbons (Fsp3) is 0.250. The van der Waals surface area contributed by atoms with Crippen molar-refractivity contribution in [3.63, 3.8) is 0 Å². The number of carboxylic acids is 1. The number of imidazole rings is 1. The Hall–Kier alpha value is -1.65. The second-order valence-corrected chi connectivity index (χ2v) is 7.86. The van der Waals surface area contributed by atoms with Gasteiger partial charge in [-0.1, -0.05) is 55.3 Å². The molecule has 172 valence electrons. The summed E-state index contributed by atoms with van der Waals surface area (Å²) in [6.45, 7) is 2.42. The van der Waals surface area contributed by atoms with E-state index < -0.39 is 17.8 Å². The molecule has 3 aromatic rings. The van der Waals surface area contributed by atoms with E-state index in [1.54, 1.807) is 41.0 Å². The number of carboxylic acid groups (broad SMARTS) is 1. The van der Waals surface area contributed by atoms with Gasteiger partial charge in [0.05, 0.1) is 11.4 Å². The molecule has 0 fully saturated rings. The van der Waals surface area contributed by atoms with E-state index in [-0.39, 0.29) is 81.8 Å². The minimum atomic E-state index is -1.23. The number of carbonyl (C=O) groups excluding carboxylic acids is 2. The number of benzene rings is 2. The summed E-state index contributed by atoms with van der Waals surface area (Å²) in [5.74, 6) is -1.79. The Kier molecular flexibility index (Phi) is 13.3. The van der Waals surface area contributed by atoms with E-state index in [0.717, 1.165) is 18.4 Å². The summed E-state index contributed by atoms with van der Waals surface area (Å²) in [5, 5.41) is 23.9. The number of halogens is 1. The van der Waals surface area contributed by atoms with Crippen LogP contribution in [-0.4, -0.2) is 27.3 Å². The molecule has 0 aliphatic heterocycles. The molecule has 2 N–H and O–H groups in total. The number of aryl methyl sites for hydroxylation is 1. The number of amides is 1. The van der Waals surface area contributed by atoms with Crippen LogP contribution >= 0.6 is 11.6 Å². The molecular weight excluding hydrogens is 490 g/mol. The van der Waals surface area contributed by atoms with E-state index in [4.69, 9.17) is 17.3 Å². The number of aromatic nitrogens is 2. The molecule has 0 saturated heterocycles. The molecule has 8 nitrogen and oxygen atoms in total. The van der Waals surface area contributed by atoms with Gasteiger partial charge in [0, 0.05) is 30.9 Å². The number of aliphatic carboxylic acids is 1. The second kappa shape index (κ2) is 14.8. The Morgan fingerprint density at radius 2 is 1.69 bits per heavy atom. The van der Waals surface area contributed by atoms with Crippen molar-refractivity contribution in [2.45, 2.75) is 39.2 Å². The fourth-order valence-corrected chi connectivity index (χ4v) is 3.71. The molecule has 0 atom stereocenters. The SMILES string of the molecule is CCCCc1nc(Cl)c(CC(=O)[O-])n1Cc1ccc(N=C([O-])c2ccccc2C(N)=O)cc1.[Na+].[Na+]. The molecule has 1 heterocycles. The van der Waals surface area contributed by atoms with Crippen LogP contribution in [0, 0.1) is 0 Å². The molecule has 0 bridgehead atoms. The van der Waals surface area contributed by atoms with Gasteiger partial charge < -0.3 is 25.3 Å². The van der Waals surface area contributed by atoms with Gasteiger partial charge in [-0.3, -0.25) is 9.79 Å². The molecule has 0 unspecified atom stereocenters. The average Bonchev–Trinajstić information content (AvgIpc) is 3.07. The maximum absolute atomic E-state index is 12.5. The number of nitrogens with zero attached hydrogens (tertiary/aromatic N) is 3. The van der Waals surface area contributed by atoms with Crippen molar-refractivity contribution >= 4 is 35.1 Å². The Labute approximate surface area is 253 Å². The minimum absolute atomic E-state index is 0. The Balaban J connectivity index is 0.00000306. The van der Waals surface area contributed by atoms with E-state index in [1.807, 2.05) is 0 Å². The normalized spacial score (nSPS) is 10.9. The van der Waals surface area contributed by atoms with Crippen molar-refractivity contribution in [2.75, 3.05) is 0 Å². The van der Waals surface area contributed by atoms with Gasteiger partial charge in [-0.25, -0.2) is 4.98 Å². The maximum atomic E-state index is 12.5. The molecule has 1 aromatic heterocycles. The van der Waals surface area contributed by atoms with Crippen LogP contribution in [0.5, 0.6) is 0 Å². The fourth-order valence-electron chi connectivity index (χ4n) is 3.44. The number of unbranched alkanes of at least 4 members (excludes halogenated alkanes) is 1. The van der Waals surface area contributed by atoms with Crippen molar-refractivity contribution in [2.24, 2.45) is 10.7 Å². The Bertz CT molecular complexity index is 1200. The Morgan fingerprint density at radius 1 is 1.06 bits per heavy atom. The van der Waals surface area contributed by atoms with Crippen molar-refractivity contribution in [3.8, 4) is 0 Å². The molecule has 1 amide bonds. The molecule has 0 radical (unpaired) electrons. The summed E-state index contributed by atoms with van der Waals surface area (Å²) >= 11 is 6.21.